The van der Waals surface area contributed by atoms with E-state index >= 15 is 0 Å². The third-order valence-electron chi connectivity index (χ3n) is 2.66. The summed E-state index contributed by atoms with van der Waals surface area (Å²) in [5, 5.41) is 2.44. The first-order valence-electron chi connectivity index (χ1n) is 6.89. The Morgan fingerprint density at radius 2 is 2.10 bits per heavy atom. The van der Waals surface area contributed by atoms with Crippen molar-refractivity contribution in [1.29, 1.82) is 0 Å². The van der Waals surface area contributed by atoms with Crippen LogP contribution in [0.15, 0.2) is 5.38 Å². The SMILES string of the molecule is CCCN(Cc1nc(C(=O)OCC)cs1)C(=O)C(C)C. The van der Waals surface area contributed by atoms with Crippen molar-refractivity contribution in [2.45, 2.75) is 40.7 Å². The predicted octanol–water partition coefficient (Wildman–Crippen LogP) is 2.71. The highest BCUT2D eigenvalue weighted by atomic mass is 32.1. The number of nitrogens with zero attached hydrogens (tertiary/aromatic N) is 2. The van der Waals surface area contributed by atoms with Gasteiger partial charge in [-0.25, -0.2) is 9.78 Å². The monoisotopic (exact) mass is 298 g/mol. The van der Waals surface area contributed by atoms with Gasteiger partial charge in [-0.1, -0.05) is 20.8 Å². The van der Waals surface area contributed by atoms with Crippen molar-refractivity contribution in [3.8, 4) is 0 Å². The molecule has 0 N–H and O–H groups in total. The first kappa shape index (κ1) is 16.6. The van der Waals surface area contributed by atoms with Crippen molar-refractivity contribution in [3.63, 3.8) is 0 Å². The molecule has 20 heavy (non-hydrogen) atoms. The molecule has 1 rings (SSSR count). The molecule has 0 saturated heterocycles. The predicted molar refractivity (Wildman–Crippen MR) is 78.6 cm³/mol. The van der Waals surface area contributed by atoms with Crippen LogP contribution < -0.4 is 0 Å². The van der Waals surface area contributed by atoms with Crippen LogP contribution in [-0.2, 0) is 16.1 Å². The fourth-order valence-electron chi connectivity index (χ4n) is 1.75. The van der Waals surface area contributed by atoms with E-state index in [0.717, 1.165) is 11.4 Å². The summed E-state index contributed by atoms with van der Waals surface area (Å²) >= 11 is 1.38. The lowest BCUT2D eigenvalue weighted by atomic mass is 10.2. The Hall–Kier alpha value is -1.43. The van der Waals surface area contributed by atoms with Crippen LogP contribution in [0.3, 0.4) is 0 Å². The summed E-state index contributed by atoms with van der Waals surface area (Å²) < 4.78 is 4.90. The Kier molecular flexibility index (Phi) is 6.64. The van der Waals surface area contributed by atoms with Crippen LogP contribution >= 0.6 is 11.3 Å². The van der Waals surface area contributed by atoms with E-state index in [1.54, 1.807) is 17.2 Å². The van der Waals surface area contributed by atoms with Crippen molar-refractivity contribution in [3.05, 3.63) is 16.1 Å². The average Bonchev–Trinajstić information content (AvgIpc) is 2.86. The number of ether oxygens (including phenoxy) is 1. The minimum atomic E-state index is -0.410. The van der Waals surface area contributed by atoms with Crippen molar-refractivity contribution in [2.75, 3.05) is 13.2 Å². The van der Waals surface area contributed by atoms with E-state index in [-0.39, 0.29) is 11.8 Å². The zero-order valence-electron chi connectivity index (χ0n) is 12.5. The third kappa shape index (κ3) is 4.59. The molecule has 0 aliphatic heterocycles. The van der Waals surface area contributed by atoms with Gasteiger partial charge in [-0.3, -0.25) is 4.79 Å². The average molecular weight is 298 g/mol. The van der Waals surface area contributed by atoms with E-state index in [2.05, 4.69) is 4.98 Å². The summed E-state index contributed by atoms with van der Waals surface area (Å²) in [7, 11) is 0. The Morgan fingerprint density at radius 1 is 1.40 bits per heavy atom. The molecule has 0 saturated carbocycles. The van der Waals surface area contributed by atoms with Gasteiger partial charge in [0.2, 0.25) is 5.91 Å². The molecule has 0 fully saturated rings. The number of hydrogen-bond acceptors (Lipinski definition) is 5. The molecule has 1 aromatic rings. The van der Waals surface area contributed by atoms with Gasteiger partial charge in [-0.15, -0.1) is 11.3 Å². The van der Waals surface area contributed by atoms with E-state index in [9.17, 15) is 9.59 Å². The van der Waals surface area contributed by atoms with Gasteiger partial charge in [0, 0.05) is 17.8 Å². The van der Waals surface area contributed by atoms with Gasteiger partial charge < -0.3 is 9.64 Å². The van der Waals surface area contributed by atoms with Crippen LogP contribution in [0.4, 0.5) is 0 Å². The quantitative estimate of drug-likeness (QED) is 0.726. The maximum Gasteiger partial charge on any atom is 0.357 e. The number of rotatable bonds is 7. The number of hydrogen-bond donors (Lipinski definition) is 0. The molecule has 1 aromatic heterocycles. The summed E-state index contributed by atoms with van der Waals surface area (Å²) in [5.74, 6) is -0.335. The molecular formula is C14H22N2O3S. The number of thiazole rings is 1. The van der Waals surface area contributed by atoms with E-state index < -0.39 is 5.97 Å². The van der Waals surface area contributed by atoms with Crippen LogP contribution in [-0.4, -0.2) is 34.9 Å². The lowest BCUT2D eigenvalue weighted by Gasteiger charge is -2.22. The molecule has 6 heteroatoms. The largest absolute Gasteiger partial charge is 0.461 e. The molecule has 0 aromatic carbocycles. The second kappa shape index (κ2) is 7.99. The molecule has 1 heterocycles. The topological polar surface area (TPSA) is 59.5 Å². The number of carbonyl (C=O) groups excluding carboxylic acids is 2. The van der Waals surface area contributed by atoms with Gasteiger partial charge in [0.15, 0.2) is 5.69 Å². The first-order chi connectivity index (χ1) is 9.49. The summed E-state index contributed by atoms with van der Waals surface area (Å²) in [6, 6.07) is 0. The second-order valence-electron chi connectivity index (χ2n) is 4.76. The molecule has 1 amide bonds. The molecule has 5 nitrogen and oxygen atoms in total. The summed E-state index contributed by atoms with van der Waals surface area (Å²) in [5.41, 5.74) is 0.320. The standard InChI is InChI=1S/C14H22N2O3S/c1-5-7-16(13(17)10(3)4)8-12-15-11(9-20-12)14(18)19-6-2/h9-10H,5-8H2,1-4H3. The minimum Gasteiger partial charge on any atom is -0.461 e. The van der Waals surface area contributed by atoms with E-state index in [1.807, 2.05) is 20.8 Å². The molecule has 0 aliphatic carbocycles. The number of carbonyl (C=O) groups is 2. The van der Waals surface area contributed by atoms with E-state index in [1.165, 1.54) is 11.3 Å². The van der Waals surface area contributed by atoms with Crippen LogP contribution in [0.1, 0.15) is 49.6 Å². The molecule has 0 atom stereocenters. The van der Waals surface area contributed by atoms with Gasteiger partial charge in [-0.05, 0) is 13.3 Å². The van der Waals surface area contributed by atoms with Crippen molar-refractivity contribution in [2.24, 2.45) is 5.92 Å². The molecule has 0 bridgehead atoms. The zero-order chi connectivity index (χ0) is 15.1. The Morgan fingerprint density at radius 3 is 2.65 bits per heavy atom. The highest BCUT2D eigenvalue weighted by molar-refractivity contribution is 7.09. The smallest absolute Gasteiger partial charge is 0.357 e. The van der Waals surface area contributed by atoms with E-state index in [0.29, 0.717) is 25.4 Å². The van der Waals surface area contributed by atoms with Gasteiger partial charge in [-0.2, -0.15) is 0 Å². The van der Waals surface area contributed by atoms with Crippen LogP contribution in [0.25, 0.3) is 0 Å². The summed E-state index contributed by atoms with van der Waals surface area (Å²) in [4.78, 5) is 29.7. The van der Waals surface area contributed by atoms with Crippen LogP contribution in [0.2, 0.25) is 0 Å². The second-order valence-corrected chi connectivity index (χ2v) is 5.70. The lowest BCUT2D eigenvalue weighted by Crippen LogP contribution is -2.34. The number of amides is 1. The Labute approximate surface area is 124 Å². The molecule has 0 unspecified atom stereocenters. The summed E-state index contributed by atoms with van der Waals surface area (Å²) in [6.07, 6.45) is 0.897. The molecule has 0 spiro atoms. The Balaban J connectivity index is 2.74. The highest BCUT2D eigenvalue weighted by Crippen LogP contribution is 2.15. The lowest BCUT2D eigenvalue weighted by molar-refractivity contribution is -0.135. The zero-order valence-corrected chi connectivity index (χ0v) is 13.3. The summed E-state index contributed by atoms with van der Waals surface area (Å²) in [6.45, 7) is 9.05. The van der Waals surface area contributed by atoms with Gasteiger partial charge >= 0.3 is 5.97 Å². The van der Waals surface area contributed by atoms with Crippen molar-refractivity contribution < 1.29 is 14.3 Å². The van der Waals surface area contributed by atoms with Gasteiger partial charge in [0.1, 0.15) is 5.01 Å². The Bertz CT molecular complexity index is 457. The number of esters is 1. The fraction of sp³-hybridized carbons (Fsp3) is 0.643. The molecular weight excluding hydrogens is 276 g/mol. The number of aromatic nitrogens is 1. The molecule has 112 valence electrons. The molecule has 0 aliphatic rings. The van der Waals surface area contributed by atoms with Gasteiger partial charge in [0.05, 0.1) is 13.2 Å². The fourth-order valence-corrected chi connectivity index (χ4v) is 2.53. The van der Waals surface area contributed by atoms with Crippen molar-refractivity contribution in [1.82, 2.24) is 9.88 Å². The van der Waals surface area contributed by atoms with Gasteiger partial charge in [0.25, 0.3) is 0 Å². The minimum absolute atomic E-state index is 0.0361. The van der Waals surface area contributed by atoms with Crippen LogP contribution in [0, 0.1) is 5.92 Å². The molecule has 0 radical (unpaired) electrons. The van der Waals surface area contributed by atoms with E-state index in [4.69, 9.17) is 4.74 Å². The third-order valence-corrected chi connectivity index (χ3v) is 3.50. The normalized spacial score (nSPS) is 10.7. The van der Waals surface area contributed by atoms with Crippen molar-refractivity contribution >= 4 is 23.2 Å². The highest BCUT2D eigenvalue weighted by Gasteiger charge is 2.19. The maximum absolute atomic E-state index is 12.1. The van der Waals surface area contributed by atoms with Crippen LogP contribution in [0.5, 0.6) is 0 Å². The first-order valence-corrected chi connectivity index (χ1v) is 7.77. The maximum atomic E-state index is 12.1.